The lowest BCUT2D eigenvalue weighted by Gasteiger charge is -2.38. The van der Waals surface area contributed by atoms with Crippen molar-refractivity contribution < 1.29 is 21.9 Å². The van der Waals surface area contributed by atoms with Crippen molar-refractivity contribution in [1.82, 2.24) is 4.31 Å². The fourth-order valence-corrected chi connectivity index (χ4v) is 5.80. The average Bonchev–Trinajstić information content (AvgIpc) is 2.12. The smallest absolute Gasteiger partial charge is 0.217 e. The highest BCUT2D eigenvalue weighted by atomic mass is 32.2. The van der Waals surface area contributed by atoms with Gasteiger partial charge in [0, 0.05) is 13.1 Å². The summed E-state index contributed by atoms with van der Waals surface area (Å²) in [5.41, 5.74) is 0. The second-order valence-electron chi connectivity index (χ2n) is 4.37. The quantitative estimate of drug-likeness (QED) is 0.663. The van der Waals surface area contributed by atoms with Gasteiger partial charge in [0.25, 0.3) is 0 Å². The van der Waals surface area contributed by atoms with E-state index in [1.54, 1.807) is 0 Å². The summed E-state index contributed by atoms with van der Waals surface area (Å²) in [6.45, 7) is 0.289. The van der Waals surface area contributed by atoms with Crippen molar-refractivity contribution in [1.29, 1.82) is 0 Å². The SMILES string of the molecule is O=S1(=O)CCC(S(=O)(=O)N2CC(O)C2)CC1. The van der Waals surface area contributed by atoms with Gasteiger partial charge in [-0.25, -0.2) is 16.8 Å². The Bertz CT molecular complexity index is 449. The van der Waals surface area contributed by atoms with Crippen LogP contribution in [0.5, 0.6) is 0 Å². The van der Waals surface area contributed by atoms with Gasteiger partial charge in [-0.05, 0) is 12.8 Å². The molecule has 2 saturated heterocycles. The topological polar surface area (TPSA) is 91.8 Å². The first kappa shape index (κ1) is 12.3. The second-order valence-corrected chi connectivity index (χ2v) is 8.88. The van der Waals surface area contributed by atoms with E-state index in [0.717, 1.165) is 0 Å². The number of nitrogens with zero attached hydrogens (tertiary/aromatic N) is 1. The van der Waals surface area contributed by atoms with Crippen LogP contribution in [0, 0.1) is 0 Å². The van der Waals surface area contributed by atoms with Gasteiger partial charge >= 0.3 is 0 Å². The minimum atomic E-state index is -3.40. The second kappa shape index (κ2) is 3.94. The summed E-state index contributed by atoms with van der Waals surface area (Å²) in [6.07, 6.45) is -0.212. The maximum atomic E-state index is 11.9. The Morgan fingerprint density at radius 3 is 2.06 bits per heavy atom. The number of hydrogen-bond acceptors (Lipinski definition) is 5. The van der Waals surface area contributed by atoms with Crippen LogP contribution in [0.1, 0.15) is 12.8 Å². The summed E-state index contributed by atoms with van der Waals surface area (Å²) < 4.78 is 47.5. The van der Waals surface area contributed by atoms with Gasteiger partial charge in [-0.1, -0.05) is 0 Å². The number of sulfone groups is 1. The van der Waals surface area contributed by atoms with E-state index in [1.165, 1.54) is 4.31 Å². The first-order valence-corrected chi connectivity index (χ1v) is 8.51. The number of hydrogen-bond donors (Lipinski definition) is 1. The Morgan fingerprint density at radius 2 is 1.62 bits per heavy atom. The van der Waals surface area contributed by atoms with Gasteiger partial charge in [0.2, 0.25) is 10.0 Å². The van der Waals surface area contributed by atoms with Crippen LogP contribution in [-0.4, -0.2) is 62.2 Å². The highest BCUT2D eigenvalue weighted by Crippen LogP contribution is 2.25. The Kier molecular flexibility index (Phi) is 3.02. The van der Waals surface area contributed by atoms with Gasteiger partial charge in [-0.3, -0.25) is 0 Å². The van der Waals surface area contributed by atoms with Crippen LogP contribution in [-0.2, 0) is 19.9 Å². The van der Waals surface area contributed by atoms with E-state index in [9.17, 15) is 16.8 Å². The molecule has 0 aromatic rings. The minimum Gasteiger partial charge on any atom is -0.390 e. The number of sulfonamides is 1. The van der Waals surface area contributed by atoms with Crippen molar-refractivity contribution in [3.63, 3.8) is 0 Å². The Balaban J connectivity index is 2.03. The van der Waals surface area contributed by atoms with Gasteiger partial charge in [0.15, 0.2) is 0 Å². The third-order valence-corrected chi connectivity index (χ3v) is 7.16. The molecule has 2 aliphatic heterocycles. The van der Waals surface area contributed by atoms with Gasteiger partial charge in [-0.15, -0.1) is 0 Å². The summed E-state index contributed by atoms with van der Waals surface area (Å²) in [5, 5.41) is 8.47. The van der Waals surface area contributed by atoms with Crippen LogP contribution in [0.15, 0.2) is 0 Å². The van der Waals surface area contributed by atoms with Gasteiger partial charge in [0.05, 0.1) is 22.9 Å². The van der Waals surface area contributed by atoms with E-state index in [4.69, 9.17) is 5.11 Å². The Labute approximate surface area is 95.2 Å². The first-order valence-electron chi connectivity index (χ1n) is 5.19. The summed E-state index contributed by atoms with van der Waals surface area (Å²) in [4.78, 5) is 0. The van der Waals surface area contributed by atoms with E-state index in [1.807, 2.05) is 0 Å². The standard InChI is InChI=1S/C8H15NO5S2/c10-7-5-9(6-7)16(13,14)8-1-3-15(11,12)4-2-8/h7-8,10H,1-6H2. The Hall–Kier alpha value is -0.180. The fourth-order valence-electron chi connectivity index (χ4n) is 2.00. The molecule has 6 nitrogen and oxygen atoms in total. The van der Waals surface area contributed by atoms with Crippen molar-refractivity contribution in [2.75, 3.05) is 24.6 Å². The maximum Gasteiger partial charge on any atom is 0.217 e. The zero-order valence-corrected chi connectivity index (χ0v) is 10.4. The van der Waals surface area contributed by atoms with Gasteiger partial charge < -0.3 is 5.11 Å². The molecular formula is C8H15NO5S2. The van der Waals surface area contributed by atoms with Crippen molar-refractivity contribution in [2.24, 2.45) is 0 Å². The largest absolute Gasteiger partial charge is 0.390 e. The van der Waals surface area contributed by atoms with E-state index in [0.29, 0.717) is 0 Å². The lowest BCUT2D eigenvalue weighted by molar-refractivity contribution is 0.0540. The van der Waals surface area contributed by atoms with Gasteiger partial charge in [-0.2, -0.15) is 4.31 Å². The fraction of sp³-hybridized carbons (Fsp3) is 1.00. The van der Waals surface area contributed by atoms with Crippen LogP contribution in [0.3, 0.4) is 0 Å². The molecule has 94 valence electrons. The van der Waals surface area contributed by atoms with Crippen molar-refractivity contribution in [3.8, 4) is 0 Å². The predicted molar refractivity (Wildman–Crippen MR) is 58.2 cm³/mol. The molecule has 0 unspecified atom stereocenters. The zero-order chi connectivity index (χ0) is 12.0. The molecule has 0 atom stereocenters. The third-order valence-electron chi connectivity index (χ3n) is 3.11. The molecule has 0 bridgehead atoms. The molecule has 0 radical (unpaired) electrons. The van der Waals surface area contributed by atoms with Crippen molar-refractivity contribution >= 4 is 19.9 Å². The van der Waals surface area contributed by atoms with Crippen molar-refractivity contribution in [2.45, 2.75) is 24.2 Å². The molecule has 16 heavy (non-hydrogen) atoms. The summed E-state index contributed by atoms with van der Waals surface area (Å²) >= 11 is 0. The lowest BCUT2D eigenvalue weighted by Crippen LogP contribution is -2.56. The monoisotopic (exact) mass is 269 g/mol. The molecule has 0 aromatic carbocycles. The lowest BCUT2D eigenvalue weighted by atomic mass is 10.2. The van der Waals surface area contributed by atoms with Gasteiger partial charge in [0.1, 0.15) is 9.84 Å². The number of aliphatic hydroxyl groups excluding tert-OH is 1. The molecule has 8 heteroatoms. The molecule has 1 N–H and O–H groups in total. The number of aliphatic hydroxyl groups is 1. The molecule has 0 amide bonds. The molecule has 2 fully saturated rings. The number of β-amino-alcohol motifs (C(OH)–C–C–N with tert-alkyl or cyclic N) is 1. The van der Waals surface area contributed by atoms with Crippen LogP contribution < -0.4 is 0 Å². The van der Waals surface area contributed by atoms with Crippen molar-refractivity contribution in [3.05, 3.63) is 0 Å². The molecule has 0 aromatic heterocycles. The van der Waals surface area contributed by atoms with Crippen LogP contribution >= 0.6 is 0 Å². The molecular weight excluding hydrogens is 254 g/mol. The van der Waals surface area contributed by atoms with Crippen LogP contribution in [0.25, 0.3) is 0 Å². The predicted octanol–water partition coefficient (Wildman–Crippen LogP) is -1.43. The number of rotatable bonds is 2. The highest BCUT2D eigenvalue weighted by molar-refractivity contribution is 7.92. The summed E-state index contributed by atoms with van der Waals surface area (Å²) in [6, 6.07) is 0. The van der Waals surface area contributed by atoms with Crippen LogP contribution in [0.4, 0.5) is 0 Å². The molecule has 0 aliphatic carbocycles. The molecule has 0 saturated carbocycles. The normalized spacial score (nSPS) is 28.8. The third kappa shape index (κ3) is 2.24. The highest BCUT2D eigenvalue weighted by Gasteiger charge is 2.41. The van der Waals surface area contributed by atoms with E-state index in [2.05, 4.69) is 0 Å². The van der Waals surface area contributed by atoms with Crippen LogP contribution in [0.2, 0.25) is 0 Å². The summed E-state index contributed by atoms with van der Waals surface area (Å²) in [5.74, 6) is -0.0966. The zero-order valence-electron chi connectivity index (χ0n) is 8.74. The Morgan fingerprint density at radius 1 is 1.12 bits per heavy atom. The maximum absolute atomic E-state index is 11.9. The molecule has 0 spiro atoms. The molecule has 2 heterocycles. The van der Waals surface area contributed by atoms with E-state index in [-0.39, 0.29) is 37.4 Å². The summed E-state index contributed by atoms with van der Waals surface area (Å²) in [7, 11) is -6.43. The molecule has 2 rings (SSSR count). The first-order chi connectivity index (χ1) is 7.31. The van der Waals surface area contributed by atoms with E-state index < -0.39 is 31.2 Å². The molecule has 2 aliphatic rings. The van der Waals surface area contributed by atoms with E-state index >= 15 is 0 Å². The minimum absolute atomic E-state index is 0.0483. The average molecular weight is 269 g/mol.